The highest BCUT2D eigenvalue weighted by atomic mass is 32.2. The molecule has 1 atom stereocenters. The van der Waals surface area contributed by atoms with Gasteiger partial charge in [-0.25, -0.2) is 0 Å². The van der Waals surface area contributed by atoms with Gasteiger partial charge in [0.1, 0.15) is 0 Å². The van der Waals surface area contributed by atoms with Gasteiger partial charge in [-0.3, -0.25) is 4.90 Å². The summed E-state index contributed by atoms with van der Waals surface area (Å²) >= 11 is 1.74. The lowest BCUT2D eigenvalue weighted by molar-refractivity contribution is 0.121. The molecule has 1 rings (SSSR count). The Balaban J connectivity index is 2.08. The standard InChI is InChI=1S/C11H25N3OS/c1-11(2,12)9-16-8-10(15)7-14-5-3-13-4-6-14/h10,13,15H,3-9,12H2,1-2H3. The average molecular weight is 247 g/mol. The van der Waals surface area contributed by atoms with E-state index >= 15 is 0 Å². The van der Waals surface area contributed by atoms with Crippen molar-refractivity contribution in [3.8, 4) is 0 Å². The number of hydrogen-bond acceptors (Lipinski definition) is 5. The van der Waals surface area contributed by atoms with Gasteiger partial charge in [0.05, 0.1) is 6.10 Å². The number of aliphatic hydroxyl groups excluding tert-OH is 1. The van der Waals surface area contributed by atoms with Crippen LogP contribution in [0.15, 0.2) is 0 Å². The molecule has 0 aliphatic carbocycles. The van der Waals surface area contributed by atoms with E-state index in [0.29, 0.717) is 0 Å². The van der Waals surface area contributed by atoms with Crippen LogP contribution in [0.4, 0.5) is 0 Å². The van der Waals surface area contributed by atoms with E-state index in [1.165, 1.54) is 0 Å². The van der Waals surface area contributed by atoms with Gasteiger partial charge in [0.2, 0.25) is 0 Å². The van der Waals surface area contributed by atoms with Crippen molar-refractivity contribution in [1.82, 2.24) is 10.2 Å². The molecular formula is C11H25N3OS. The lowest BCUT2D eigenvalue weighted by Gasteiger charge is -2.29. The van der Waals surface area contributed by atoms with E-state index in [2.05, 4.69) is 10.2 Å². The number of piperazine rings is 1. The van der Waals surface area contributed by atoms with Gasteiger partial charge in [-0.15, -0.1) is 0 Å². The zero-order chi connectivity index (χ0) is 12.0. The number of nitrogens with zero attached hydrogens (tertiary/aromatic N) is 1. The quantitative estimate of drug-likeness (QED) is 0.603. The molecule has 1 unspecified atom stereocenters. The minimum Gasteiger partial charge on any atom is -0.391 e. The predicted molar refractivity (Wildman–Crippen MR) is 70.9 cm³/mol. The van der Waals surface area contributed by atoms with Gasteiger partial charge in [0.15, 0.2) is 0 Å². The fourth-order valence-electron chi connectivity index (χ4n) is 1.70. The Hall–Kier alpha value is 0.190. The Bertz CT molecular complexity index is 190. The molecule has 1 heterocycles. The molecule has 1 aliphatic heterocycles. The Kier molecular flexibility index (Phi) is 6.07. The molecule has 4 nitrogen and oxygen atoms in total. The van der Waals surface area contributed by atoms with Crippen LogP contribution in [0.3, 0.4) is 0 Å². The molecule has 0 amide bonds. The van der Waals surface area contributed by atoms with Crippen LogP contribution in [0.1, 0.15) is 13.8 Å². The summed E-state index contributed by atoms with van der Waals surface area (Å²) in [5, 5.41) is 13.2. The third kappa shape index (κ3) is 6.70. The van der Waals surface area contributed by atoms with Gasteiger partial charge >= 0.3 is 0 Å². The largest absolute Gasteiger partial charge is 0.391 e. The van der Waals surface area contributed by atoms with Crippen molar-refractivity contribution in [2.24, 2.45) is 5.73 Å². The molecule has 0 radical (unpaired) electrons. The van der Waals surface area contributed by atoms with Gasteiger partial charge in [0, 0.05) is 49.8 Å². The van der Waals surface area contributed by atoms with Gasteiger partial charge in [-0.05, 0) is 13.8 Å². The van der Waals surface area contributed by atoms with E-state index in [0.717, 1.165) is 44.2 Å². The second-order valence-electron chi connectivity index (χ2n) is 5.21. The summed E-state index contributed by atoms with van der Waals surface area (Å²) in [5.41, 5.74) is 5.75. The van der Waals surface area contributed by atoms with Crippen molar-refractivity contribution in [3.05, 3.63) is 0 Å². The highest BCUT2D eigenvalue weighted by molar-refractivity contribution is 7.99. The van der Waals surface area contributed by atoms with Gasteiger partial charge < -0.3 is 16.2 Å². The molecule has 0 saturated carbocycles. The van der Waals surface area contributed by atoms with Gasteiger partial charge in [-0.1, -0.05) is 0 Å². The van der Waals surface area contributed by atoms with Crippen LogP contribution >= 0.6 is 11.8 Å². The summed E-state index contributed by atoms with van der Waals surface area (Å²) in [5.74, 6) is 1.68. The lowest BCUT2D eigenvalue weighted by Crippen LogP contribution is -2.46. The predicted octanol–water partition coefficient (Wildman–Crippen LogP) is -0.277. The zero-order valence-corrected chi connectivity index (χ0v) is 11.2. The molecule has 0 aromatic heterocycles. The Morgan fingerprint density at radius 1 is 1.44 bits per heavy atom. The van der Waals surface area contributed by atoms with Crippen molar-refractivity contribution in [1.29, 1.82) is 0 Å². The number of β-amino-alcohol motifs (C(OH)–C–C–N with tert-alkyl or cyclic N) is 1. The highest BCUT2D eigenvalue weighted by Gasteiger charge is 2.16. The number of nitrogens with one attached hydrogen (secondary N) is 1. The number of thioether (sulfide) groups is 1. The molecule has 0 aromatic carbocycles. The number of rotatable bonds is 6. The first-order chi connectivity index (χ1) is 7.47. The first-order valence-electron chi connectivity index (χ1n) is 5.95. The molecule has 5 heteroatoms. The maximum absolute atomic E-state index is 9.87. The molecule has 0 bridgehead atoms. The molecule has 0 spiro atoms. The maximum Gasteiger partial charge on any atom is 0.0757 e. The van der Waals surface area contributed by atoms with Crippen molar-refractivity contribution >= 4 is 11.8 Å². The fraction of sp³-hybridized carbons (Fsp3) is 1.00. The van der Waals surface area contributed by atoms with Gasteiger partial charge in [-0.2, -0.15) is 11.8 Å². The first-order valence-corrected chi connectivity index (χ1v) is 7.10. The summed E-state index contributed by atoms with van der Waals surface area (Å²) in [4.78, 5) is 2.31. The first kappa shape index (κ1) is 14.3. The van der Waals surface area contributed by atoms with E-state index in [1.807, 2.05) is 13.8 Å². The number of hydrogen-bond donors (Lipinski definition) is 3. The van der Waals surface area contributed by atoms with E-state index in [4.69, 9.17) is 5.73 Å². The highest BCUT2D eigenvalue weighted by Crippen LogP contribution is 2.11. The van der Waals surface area contributed by atoms with Crippen LogP contribution in [-0.2, 0) is 0 Å². The van der Waals surface area contributed by atoms with Crippen molar-refractivity contribution in [2.75, 3.05) is 44.2 Å². The minimum absolute atomic E-state index is 0.139. The molecule has 4 N–H and O–H groups in total. The van der Waals surface area contributed by atoms with Crippen molar-refractivity contribution in [3.63, 3.8) is 0 Å². The maximum atomic E-state index is 9.87. The second-order valence-corrected chi connectivity index (χ2v) is 6.24. The molecule has 0 aromatic rings. The summed E-state index contributed by atoms with van der Waals surface area (Å²) in [6.07, 6.45) is -0.231. The Morgan fingerprint density at radius 3 is 2.62 bits per heavy atom. The summed E-state index contributed by atoms with van der Waals surface area (Å²) < 4.78 is 0. The van der Waals surface area contributed by atoms with E-state index in [9.17, 15) is 5.11 Å². The van der Waals surface area contributed by atoms with Crippen LogP contribution in [-0.4, -0.2) is 65.9 Å². The van der Waals surface area contributed by atoms with Crippen LogP contribution < -0.4 is 11.1 Å². The molecule has 1 aliphatic rings. The normalized spacial score (nSPS) is 21.0. The molecule has 1 saturated heterocycles. The molecule has 96 valence electrons. The number of nitrogens with two attached hydrogens (primary N) is 1. The average Bonchev–Trinajstić information content (AvgIpc) is 2.17. The van der Waals surface area contributed by atoms with Gasteiger partial charge in [0.25, 0.3) is 0 Å². The van der Waals surface area contributed by atoms with Crippen LogP contribution in [0, 0.1) is 0 Å². The van der Waals surface area contributed by atoms with Crippen LogP contribution in [0.2, 0.25) is 0 Å². The SMILES string of the molecule is CC(C)(N)CSCC(O)CN1CCNCC1. The van der Waals surface area contributed by atoms with Crippen molar-refractivity contribution < 1.29 is 5.11 Å². The van der Waals surface area contributed by atoms with E-state index < -0.39 is 0 Å². The number of aliphatic hydroxyl groups is 1. The molecule has 16 heavy (non-hydrogen) atoms. The monoisotopic (exact) mass is 247 g/mol. The Morgan fingerprint density at radius 2 is 2.06 bits per heavy atom. The Labute approximate surface area is 103 Å². The van der Waals surface area contributed by atoms with Crippen LogP contribution in [0.25, 0.3) is 0 Å². The van der Waals surface area contributed by atoms with E-state index in [1.54, 1.807) is 11.8 Å². The second kappa shape index (κ2) is 6.81. The zero-order valence-electron chi connectivity index (χ0n) is 10.4. The molecular weight excluding hydrogens is 222 g/mol. The summed E-state index contributed by atoms with van der Waals surface area (Å²) in [6.45, 7) is 8.99. The van der Waals surface area contributed by atoms with Crippen molar-refractivity contribution in [2.45, 2.75) is 25.5 Å². The van der Waals surface area contributed by atoms with Crippen LogP contribution in [0.5, 0.6) is 0 Å². The third-order valence-corrected chi connectivity index (χ3v) is 4.03. The third-order valence-electron chi connectivity index (χ3n) is 2.46. The molecule has 1 fully saturated rings. The summed E-state index contributed by atoms with van der Waals surface area (Å²) in [6, 6.07) is 0. The summed E-state index contributed by atoms with van der Waals surface area (Å²) in [7, 11) is 0. The topological polar surface area (TPSA) is 61.5 Å². The van der Waals surface area contributed by atoms with E-state index in [-0.39, 0.29) is 11.6 Å². The minimum atomic E-state index is -0.231. The smallest absolute Gasteiger partial charge is 0.0757 e. The fourth-order valence-corrected chi connectivity index (χ4v) is 2.72. The lowest BCUT2D eigenvalue weighted by atomic mass is 10.1.